The van der Waals surface area contributed by atoms with Crippen LogP contribution >= 0.6 is 58.0 Å². The van der Waals surface area contributed by atoms with Gasteiger partial charge in [-0.3, -0.25) is 9.59 Å². The lowest BCUT2D eigenvalue weighted by Gasteiger charge is -2.32. The van der Waals surface area contributed by atoms with Gasteiger partial charge in [0.25, 0.3) is 0 Å². The Bertz CT molecular complexity index is 311. The lowest BCUT2D eigenvalue weighted by molar-refractivity contribution is -0.134. The summed E-state index contributed by atoms with van der Waals surface area (Å²) < 4.78 is -4.22. The van der Waals surface area contributed by atoms with Crippen molar-refractivity contribution in [3.8, 4) is 0 Å². The van der Waals surface area contributed by atoms with Gasteiger partial charge in [0, 0.05) is 6.08 Å². The van der Waals surface area contributed by atoms with Crippen molar-refractivity contribution in [3.63, 3.8) is 0 Å². The summed E-state index contributed by atoms with van der Waals surface area (Å²) >= 11 is 27.7. The monoisotopic (exact) mass is 280 g/mol. The third kappa shape index (κ3) is 1.59. The molecule has 1 aliphatic rings. The Kier molecular flexibility index (Phi) is 2.93. The standard InChI is InChI=1S/C6HCl5O2/c7-3-1-2(12)4(13)6(10,11)5(3,8)9/h1H. The Morgan fingerprint density at radius 1 is 1.00 bits per heavy atom. The number of hydrogen-bond acceptors (Lipinski definition) is 2. The molecule has 0 atom stereocenters. The molecule has 1 aliphatic carbocycles. The molecule has 7 heteroatoms. The van der Waals surface area contributed by atoms with Gasteiger partial charge in [-0.2, -0.15) is 0 Å². The molecule has 0 aliphatic heterocycles. The predicted molar refractivity (Wildman–Crippen MR) is 52.8 cm³/mol. The SMILES string of the molecule is O=C1C=C(Cl)C(Cl)(Cl)C(Cl)(Cl)C1=O. The first-order chi connectivity index (χ1) is 5.71. The van der Waals surface area contributed by atoms with Gasteiger partial charge < -0.3 is 0 Å². The highest BCUT2D eigenvalue weighted by Gasteiger charge is 2.59. The van der Waals surface area contributed by atoms with E-state index in [2.05, 4.69) is 0 Å². The van der Waals surface area contributed by atoms with Crippen molar-refractivity contribution < 1.29 is 9.59 Å². The fraction of sp³-hybridized carbons (Fsp3) is 0.333. The number of Topliss-reactive ketones (excluding diaryl/α,β-unsaturated/α-hetero) is 1. The van der Waals surface area contributed by atoms with Gasteiger partial charge in [-0.1, -0.05) is 58.0 Å². The molecule has 0 bridgehead atoms. The Hall–Kier alpha value is 0.530. The molecule has 0 N–H and O–H groups in total. The normalized spacial score (nSPS) is 25.8. The van der Waals surface area contributed by atoms with Crippen LogP contribution in [0.4, 0.5) is 0 Å². The van der Waals surface area contributed by atoms with Gasteiger partial charge in [-0.25, -0.2) is 0 Å². The van der Waals surface area contributed by atoms with E-state index in [9.17, 15) is 9.59 Å². The van der Waals surface area contributed by atoms with E-state index < -0.39 is 20.2 Å². The molecule has 0 aromatic heterocycles. The first-order valence-electron chi connectivity index (χ1n) is 2.93. The lowest BCUT2D eigenvalue weighted by Crippen LogP contribution is -2.50. The predicted octanol–water partition coefficient (Wildman–Crippen LogP) is 2.61. The lowest BCUT2D eigenvalue weighted by atomic mass is 10.0. The Balaban J connectivity index is 3.35. The molecule has 0 heterocycles. The summed E-state index contributed by atoms with van der Waals surface area (Å²) in [6, 6.07) is 0. The molecular formula is C6HCl5O2. The van der Waals surface area contributed by atoms with Crippen LogP contribution in [0, 0.1) is 0 Å². The number of carbonyl (C=O) groups excluding carboxylic acids is 2. The van der Waals surface area contributed by atoms with E-state index >= 15 is 0 Å². The van der Waals surface area contributed by atoms with E-state index in [1.165, 1.54) is 0 Å². The molecule has 0 radical (unpaired) electrons. The first-order valence-corrected chi connectivity index (χ1v) is 4.82. The van der Waals surface area contributed by atoms with E-state index in [4.69, 9.17) is 58.0 Å². The van der Waals surface area contributed by atoms with Crippen molar-refractivity contribution in [1.82, 2.24) is 0 Å². The van der Waals surface area contributed by atoms with Crippen LogP contribution in [0.3, 0.4) is 0 Å². The molecule has 0 fully saturated rings. The van der Waals surface area contributed by atoms with E-state index in [1.807, 2.05) is 0 Å². The number of halogens is 5. The van der Waals surface area contributed by atoms with Crippen LogP contribution < -0.4 is 0 Å². The van der Waals surface area contributed by atoms with Crippen molar-refractivity contribution in [2.75, 3.05) is 0 Å². The van der Waals surface area contributed by atoms with Crippen molar-refractivity contribution in [1.29, 1.82) is 0 Å². The van der Waals surface area contributed by atoms with Crippen molar-refractivity contribution in [2.24, 2.45) is 0 Å². The van der Waals surface area contributed by atoms with Gasteiger partial charge in [0.1, 0.15) is 0 Å². The molecule has 1 rings (SSSR count). The first kappa shape index (κ1) is 11.6. The number of allylic oxidation sites excluding steroid dienone is 2. The van der Waals surface area contributed by atoms with Crippen LogP contribution in [0.5, 0.6) is 0 Å². The van der Waals surface area contributed by atoms with Crippen molar-refractivity contribution in [3.05, 3.63) is 11.1 Å². The molecule has 13 heavy (non-hydrogen) atoms. The molecule has 0 aromatic carbocycles. The zero-order chi connectivity index (χ0) is 10.4. The van der Waals surface area contributed by atoms with Crippen molar-refractivity contribution in [2.45, 2.75) is 8.67 Å². The molecule has 72 valence electrons. The summed E-state index contributed by atoms with van der Waals surface area (Å²) in [7, 11) is 0. The fourth-order valence-corrected chi connectivity index (χ4v) is 1.73. The maximum atomic E-state index is 11.1. The third-order valence-corrected chi connectivity index (χ3v) is 4.32. The highest BCUT2D eigenvalue weighted by Crippen LogP contribution is 2.51. The molecule has 0 amide bonds. The maximum absolute atomic E-state index is 11.1. The molecule has 0 saturated carbocycles. The Morgan fingerprint density at radius 3 is 1.92 bits per heavy atom. The summed E-state index contributed by atoms with van der Waals surface area (Å²) in [5.74, 6) is -2.02. The van der Waals surface area contributed by atoms with Crippen LogP contribution in [-0.2, 0) is 9.59 Å². The minimum absolute atomic E-state index is 0.273. The second-order valence-electron chi connectivity index (χ2n) is 2.33. The second kappa shape index (κ2) is 3.28. The van der Waals surface area contributed by atoms with Gasteiger partial charge in [0.15, 0.2) is 4.33 Å². The number of ketones is 2. The van der Waals surface area contributed by atoms with Crippen LogP contribution in [0.25, 0.3) is 0 Å². The smallest absolute Gasteiger partial charge is 0.242 e. The summed E-state index contributed by atoms with van der Waals surface area (Å²) in [5, 5.41) is -0.273. The fourth-order valence-electron chi connectivity index (χ4n) is 0.719. The average Bonchev–Trinajstić information content (AvgIpc) is 2.00. The highest BCUT2D eigenvalue weighted by atomic mass is 35.5. The van der Waals surface area contributed by atoms with Gasteiger partial charge in [-0.05, 0) is 0 Å². The van der Waals surface area contributed by atoms with E-state index in [-0.39, 0.29) is 5.03 Å². The van der Waals surface area contributed by atoms with Gasteiger partial charge in [0.2, 0.25) is 15.9 Å². The summed E-state index contributed by atoms with van der Waals surface area (Å²) in [5.41, 5.74) is 0. The van der Waals surface area contributed by atoms with Crippen LogP contribution in [0.15, 0.2) is 11.1 Å². The van der Waals surface area contributed by atoms with Gasteiger partial charge in [-0.15, -0.1) is 0 Å². The summed E-state index contributed by atoms with van der Waals surface area (Å²) in [6.07, 6.45) is 0.799. The minimum Gasteiger partial charge on any atom is -0.287 e. The summed E-state index contributed by atoms with van der Waals surface area (Å²) in [6.45, 7) is 0. The number of carbonyl (C=O) groups is 2. The maximum Gasteiger partial charge on any atom is 0.242 e. The second-order valence-corrected chi connectivity index (χ2v) is 5.40. The van der Waals surface area contributed by atoms with Gasteiger partial charge >= 0.3 is 0 Å². The van der Waals surface area contributed by atoms with E-state index in [1.54, 1.807) is 0 Å². The summed E-state index contributed by atoms with van der Waals surface area (Å²) in [4.78, 5) is 22.0. The zero-order valence-electron chi connectivity index (χ0n) is 5.78. The quantitative estimate of drug-likeness (QED) is 0.505. The molecule has 2 nitrogen and oxygen atoms in total. The molecule has 0 spiro atoms. The third-order valence-electron chi connectivity index (χ3n) is 1.46. The van der Waals surface area contributed by atoms with Crippen LogP contribution in [0.1, 0.15) is 0 Å². The average molecular weight is 282 g/mol. The largest absolute Gasteiger partial charge is 0.287 e. The minimum atomic E-state index is -2.24. The topological polar surface area (TPSA) is 34.1 Å². The molecular weight excluding hydrogens is 281 g/mol. The van der Waals surface area contributed by atoms with Crippen molar-refractivity contribution >= 4 is 69.6 Å². The molecule has 0 unspecified atom stereocenters. The number of alkyl halides is 4. The van der Waals surface area contributed by atoms with Crippen LogP contribution in [-0.4, -0.2) is 20.2 Å². The van der Waals surface area contributed by atoms with E-state index in [0.29, 0.717) is 0 Å². The Labute approximate surface area is 98.7 Å². The van der Waals surface area contributed by atoms with Gasteiger partial charge in [0.05, 0.1) is 5.03 Å². The number of rotatable bonds is 0. The van der Waals surface area contributed by atoms with Crippen LogP contribution in [0.2, 0.25) is 0 Å². The van der Waals surface area contributed by atoms with E-state index in [0.717, 1.165) is 6.08 Å². The molecule has 0 aromatic rings. The Morgan fingerprint density at radius 2 is 1.46 bits per heavy atom. The zero-order valence-corrected chi connectivity index (χ0v) is 9.56. The number of hydrogen-bond donors (Lipinski definition) is 0. The highest BCUT2D eigenvalue weighted by molar-refractivity contribution is 6.79. The molecule has 0 saturated heterocycles.